The maximum Gasteiger partial charge on any atom is 0.330 e. The summed E-state index contributed by atoms with van der Waals surface area (Å²) >= 11 is 0. The molecule has 0 spiro atoms. The Labute approximate surface area is 297 Å². The molecule has 50 heavy (non-hydrogen) atoms. The molecule has 2 fully saturated rings. The molecular formula is C40H54O10. The fraction of sp³-hybridized carbons (Fsp3) is 0.550. The quantitative estimate of drug-likeness (QED) is 0.112. The van der Waals surface area contributed by atoms with Gasteiger partial charge in [0.05, 0.1) is 46.2 Å². The zero-order valence-corrected chi connectivity index (χ0v) is 30.1. The molecule has 4 rings (SSSR count). The molecule has 10 heteroatoms. The first kappa shape index (κ1) is 39.1. The topological polar surface area (TPSA) is 108 Å². The summed E-state index contributed by atoms with van der Waals surface area (Å²) in [6.45, 7) is 20.3. The van der Waals surface area contributed by atoms with Crippen LogP contribution in [0.1, 0.15) is 51.7 Å². The molecule has 2 heterocycles. The van der Waals surface area contributed by atoms with Crippen molar-refractivity contribution in [3.63, 3.8) is 0 Å². The van der Waals surface area contributed by atoms with Gasteiger partial charge >= 0.3 is 11.9 Å². The molecule has 0 N–H and O–H groups in total. The van der Waals surface area contributed by atoms with E-state index in [1.54, 1.807) is 0 Å². The minimum absolute atomic E-state index is 0.0353. The Hall–Kier alpha value is -3.70. The van der Waals surface area contributed by atoms with E-state index in [2.05, 4.69) is 40.9 Å². The number of esters is 2. The number of rotatable bonds is 21. The lowest BCUT2D eigenvalue weighted by atomic mass is 9.78. The van der Waals surface area contributed by atoms with Crippen LogP contribution in [0.3, 0.4) is 0 Å². The summed E-state index contributed by atoms with van der Waals surface area (Å²) in [5, 5.41) is 0. The van der Waals surface area contributed by atoms with Crippen LogP contribution in [0, 0.1) is 17.3 Å². The molecule has 0 aliphatic carbocycles. The largest absolute Gasteiger partial charge is 0.490 e. The number of hydrogen-bond acceptors (Lipinski definition) is 10. The van der Waals surface area contributed by atoms with Crippen molar-refractivity contribution in [1.82, 2.24) is 0 Å². The second kappa shape index (κ2) is 19.1. The molecule has 2 saturated heterocycles. The fourth-order valence-electron chi connectivity index (χ4n) is 5.79. The first-order valence-electron chi connectivity index (χ1n) is 17.5. The Morgan fingerprint density at radius 2 is 1.36 bits per heavy atom. The van der Waals surface area contributed by atoms with Gasteiger partial charge in [-0.3, -0.25) is 0 Å². The van der Waals surface area contributed by atoms with Crippen molar-refractivity contribution >= 4 is 11.9 Å². The van der Waals surface area contributed by atoms with Gasteiger partial charge in [0.15, 0.2) is 12.2 Å². The number of carbonyl (C=O) groups excluding carboxylic acids is 2. The first-order chi connectivity index (χ1) is 24.1. The molecule has 0 radical (unpaired) electrons. The molecule has 2 aliphatic heterocycles. The molecule has 0 aromatic heterocycles. The van der Waals surface area contributed by atoms with E-state index in [4.69, 9.17) is 37.9 Å². The Balaban J connectivity index is 1.28. The van der Waals surface area contributed by atoms with Crippen LogP contribution in [0.15, 0.2) is 73.8 Å². The van der Waals surface area contributed by atoms with Crippen LogP contribution in [0.25, 0.3) is 0 Å². The summed E-state index contributed by atoms with van der Waals surface area (Å²) in [7, 11) is 0. The van der Waals surface area contributed by atoms with E-state index in [9.17, 15) is 9.59 Å². The maximum atomic E-state index is 12.0. The Morgan fingerprint density at radius 3 is 1.80 bits per heavy atom. The van der Waals surface area contributed by atoms with Gasteiger partial charge in [0, 0.05) is 35.5 Å². The van der Waals surface area contributed by atoms with Gasteiger partial charge in [0.25, 0.3) is 0 Å². The lowest BCUT2D eigenvalue weighted by Crippen LogP contribution is -2.46. The molecule has 4 unspecified atom stereocenters. The number of benzene rings is 2. The number of carbonyl (C=O) groups is 2. The third-order valence-corrected chi connectivity index (χ3v) is 9.69. The molecule has 2 aromatic carbocycles. The molecular weight excluding hydrogens is 640 g/mol. The van der Waals surface area contributed by atoms with Crippen LogP contribution >= 0.6 is 0 Å². The molecule has 0 amide bonds. The van der Waals surface area contributed by atoms with Gasteiger partial charge in [-0.1, -0.05) is 65.1 Å². The van der Waals surface area contributed by atoms with Crippen LogP contribution in [-0.2, 0) is 43.4 Å². The average molecular weight is 695 g/mol. The van der Waals surface area contributed by atoms with Crippen molar-refractivity contribution in [3.05, 3.63) is 85.0 Å². The van der Waals surface area contributed by atoms with E-state index >= 15 is 0 Å². The van der Waals surface area contributed by atoms with Gasteiger partial charge in [-0.2, -0.15) is 0 Å². The zero-order valence-electron chi connectivity index (χ0n) is 30.1. The highest BCUT2D eigenvalue weighted by Gasteiger charge is 2.37. The summed E-state index contributed by atoms with van der Waals surface area (Å²) in [5.41, 5.74) is 1.91. The second-order valence-corrected chi connectivity index (χ2v) is 13.8. The summed E-state index contributed by atoms with van der Waals surface area (Å²) in [5.74, 6) is 1.11. The van der Waals surface area contributed by atoms with E-state index < -0.39 is 24.1 Å². The molecule has 0 bridgehead atoms. The third kappa shape index (κ3) is 11.4. The van der Waals surface area contributed by atoms with Crippen LogP contribution in [0.2, 0.25) is 0 Å². The lowest BCUT2D eigenvalue weighted by molar-refractivity contribution is -0.165. The molecule has 274 valence electrons. The minimum Gasteiger partial charge on any atom is -0.490 e. The number of hydrogen-bond donors (Lipinski definition) is 0. The Morgan fingerprint density at radius 1 is 0.840 bits per heavy atom. The Kier molecular flexibility index (Phi) is 14.9. The van der Waals surface area contributed by atoms with Gasteiger partial charge in [-0.25, -0.2) is 9.59 Å². The highest BCUT2D eigenvalue weighted by atomic mass is 16.6. The van der Waals surface area contributed by atoms with Crippen LogP contribution in [0.4, 0.5) is 0 Å². The highest BCUT2D eigenvalue weighted by molar-refractivity contribution is 5.81. The van der Waals surface area contributed by atoms with Gasteiger partial charge < -0.3 is 37.9 Å². The van der Waals surface area contributed by atoms with Crippen molar-refractivity contribution in [2.75, 3.05) is 66.1 Å². The summed E-state index contributed by atoms with van der Waals surface area (Å²) < 4.78 is 45.8. The Bertz CT molecular complexity index is 1360. The average Bonchev–Trinajstić information content (AvgIpc) is 3.11. The molecule has 10 nitrogen and oxygen atoms in total. The van der Waals surface area contributed by atoms with E-state index in [0.717, 1.165) is 42.7 Å². The van der Waals surface area contributed by atoms with Gasteiger partial charge in [-0.15, -0.1) is 0 Å². The second-order valence-electron chi connectivity index (χ2n) is 13.8. The van der Waals surface area contributed by atoms with Gasteiger partial charge in [-0.05, 0) is 54.2 Å². The van der Waals surface area contributed by atoms with Crippen LogP contribution in [-0.4, -0.2) is 90.2 Å². The lowest BCUT2D eigenvalue weighted by Gasteiger charge is -2.40. The predicted octanol–water partition coefficient (Wildman–Crippen LogP) is 6.10. The molecule has 2 aliphatic rings. The molecule has 4 atom stereocenters. The van der Waals surface area contributed by atoms with E-state index in [0.29, 0.717) is 56.4 Å². The zero-order chi connectivity index (χ0) is 36.0. The predicted molar refractivity (Wildman–Crippen MR) is 189 cm³/mol. The van der Waals surface area contributed by atoms with Gasteiger partial charge in [0.2, 0.25) is 0 Å². The normalized spacial score (nSPS) is 19.7. The highest BCUT2D eigenvalue weighted by Crippen LogP contribution is 2.34. The monoisotopic (exact) mass is 694 g/mol. The fourth-order valence-corrected chi connectivity index (χ4v) is 5.79. The molecule has 0 saturated carbocycles. The van der Waals surface area contributed by atoms with Crippen LogP contribution < -0.4 is 9.47 Å². The van der Waals surface area contributed by atoms with Crippen molar-refractivity contribution in [3.8, 4) is 11.5 Å². The van der Waals surface area contributed by atoms with Crippen molar-refractivity contribution in [1.29, 1.82) is 0 Å². The van der Waals surface area contributed by atoms with Crippen molar-refractivity contribution in [2.45, 2.75) is 58.2 Å². The SMILES string of the molecule is C=CC(=O)OC(COCC1COCCC1C)COc1ccc(C(C)(C)c2ccc(OCC(COCC3(CC)COC3)OC(=O)C=C)cc2)cc1. The van der Waals surface area contributed by atoms with E-state index in [1.807, 2.05) is 48.5 Å². The van der Waals surface area contributed by atoms with Crippen molar-refractivity contribution < 1.29 is 47.5 Å². The van der Waals surface area contributed by atoms with Crippen molar-refractivity contribution in [2.24, 2.45) is 17.3 Å². The number of ether oxygens (including phenoxy) is 8. The summed E-state index contributed by atoms with van der Waals surface area (Å²) in [6, 6.07) is 15.8. The third-order valence-electron chi connectivity index (χ3n) is 9.69. The van der Waals surface area contributed by atoms with E-state index in [1.165, 1.54) is 0 Å². The minimum atomic E-state index is -0.579. The smallest absolute Gasteiger partial charge is 0.330 e. The molecule has 2 aromatic rings. The maximum absolute atomic E-state index is 12.0. The first-order valence-corrected chi connectivity index (χ1v) is 17.5. The standard InChI is InChI=1S/C40H54O10/c1-7-37(41)49-35(22-44-21-30-20-43-19-18-29(30)4)24-47-33-14-10-31(11-15-33)39(5,6)32-12-16-34(17-13-32)48-25-36(50-38(42)8-2)23-45-26-40(9-3)27-46-28-40/h7-8,10-17,29-30,35-36H,1-2,9,18-28H2,3-6H3. The summed E-state index contributed by atoms with van der Waals surface area (Å²) in [4.78, 5) is 23.9. The summed E-state index contributed by atoms with van der Waals surface area (Å²) in [6.07, 6.45) is 3.10. The van der Waals surface area contributed by atoms with E-state index in [-0.39, 0.29) is 37.3 Å². The van der Waals surface area contributed by atoms with Gasteiger partial charge in [0.1, 0.15) is 24.7 Å². The van der Waals surface area contributed by atoms with Crippen LogP contribution in [0.5, 0.6) is 11.5 Å².